The predicted octanol–water partition coefficient (Wildman–Crippen LogP) is 2.61. The van der Waals surface area contributed by atoms with Gasteiger partial charge in [-0.15, -0.1) is 12.4 Å². The fourth-order valence-electron chi connectivity index (χ4n) is 2.16. The van der Waals surface area contributed by atoms with Crippen LogP contribution in [0.1, 0.15) is 22.8 Å². The molecule has 5 heteroatoms. The van der Waals surface area contributed by atoms with Crippen LogP contribution >= 0.6 is 28.3 Å². The third kappa shape index (κ3) is 3.70. The lowest BCUT2D eigenvalue weighted by atomic mass is 10.1. The van der Waals surface area contributed by atoms with Crippen LogP contribution in [0, 0.1) is 6.92 Å². The van der Waals surface area contributed by atoms with Gasteiger partial charge in [0.15, 0.2) is 0 Å². The van der Waals surface area contributed by atoms with Crippen molar-refractivity contribution in [2.45, 2.75) is 19.9 Å². The van der Waals surface area contributed by atoms with Crippen molar-refractivity contribution in [3.63, 3.8) is 0 Å². The summed E-state index contributed by atoms with van der Waals surface area (Å²) < 4.78 is 0.962. The number of piperazine rings is 1. The summed E-state index contributed by atoms with van der Waals surface area (Å²) in [5.41, 5.74) is 1.87. The summed E-state index contributed by atoms with van der Waals surface area (Å²) in [6.07, 6.45) is 0. The molecule has 0 radical (unpaired) electrons. The van der Waals surface area contributed by atoms with Gasteiger partial charge < -0.3 is 10.2 Å². The highest BCUT2D eigenvalue weighted by molar-refractivity contribution is 9.10. The number of carbonyl (C=O) groups excluding carboxylic acids is 1. The first-order chi connectivity index (χ1) is 8.06. The maximum Gasteiger partial charge on any atom is 0.253 e. The highest BCUT2D eigenvalue weighted by atomic mass is 79.9. The first-order valence-corrected chi connectivity index (χ1v) is 6.65. The molecule has 1 atom stereocenters. The number of rotatable bonds is 1. The summed E-state index contributed by atoms with van der Waals surface area (Å²) in [4.78, 5) is 14.2. The van der Waals surface area contributed by atoms with E-state index in [0.717, 1.165) is 35.2 Å². The lowest BCUT2D eigenvalue weighted by Crippen LogP contribution is -2.51. The van der Waals surface area contributed by atoms with Gasteiger partial charge in [-0.1, -0.05) is 15.9 Å². The molecule has 0 aromatic heterocycles. The third-order valence-corrected chi connectivity index (χ3v) is 3.40. The van der Waals surface area contributed by atoms with E-state index in [1.165, 1.54) is 0 Å². The number of amides is 1. The molecule has 18 heavy (non-hydrogen) atoms. The Labute approximate surface area is 122 Å². The van der Waals surface area contributed by atoms with E-state index >= 15 is 0 Å². The van der Waals surface area contributed by atoms with Gasteiger partial charge in [-0.2, -0.15) is 0 Å². The summed E-state index contributed by atoms with van der Waals surface area (Å²) >= 11 is 3.43. The second-order valence-corrected chi connectivity index (χ2v) is 5.54. The van der Waals surface area contributed by atoms with Gasteiger partial charge in [0.05, 0.1) is 0 Å². The number of benzene rings is 1. The third-order valence-electron chi connectivity index (χ3n) is 2.95. The van der Waals surface area contributed by atoms with Crippen LogP contribution in [0.2, 0.25) is 0 Å². The molecule has 1 N–H and O–H groups in total. The highest BCUT2D eigenvalue weighted by Crippen LogP contribution is 2.17. The monoisotopic (exact) mass is 332 g/mol. The lowest BCUT2D eigenvalue weighted by Gasteiger charge is -2.32. The maximum atomic E-state index is 12.3. The number of halogens is 2. The smallest absolute Gasteiger partial charge is 0.253 e. The molecule has 1 heterocycles. The van der Waals surface area contributed by atoms with Crippen molar-refractivity contribution < 1.29 is 4.79 Å². The van der Waals surface area contributed by atoms with Gasteiger partial charge in [0, 0.05) is 35.7 Å². The molecule has 1 aliphatic rings. The van der Waals surface area contributed by atoms with Gasteiger partial charge in [0.25, 0.3) is 5.91 Å². The zero-order chi connectivity index (χ0) is 12.4. The molecule has 0 spiro atoms. The Kier molecular flexibility index (Phi) is 5.63. The largest absolute Gasteiger partial charge is 0.336 e. The standard InChI is InChI=1S/C13H17BrN2O.ClH/c1-9-5-11(7-12(14)6-9)13(17)16-4-3-15-10(2)8-16;/h5-7,10,15H,3-4,8H2,1-2H3;1H/t10-;/m0./s1. The average Bonchev–Trinajstić information content (AvgIpc) is 2.26. The zero-order valence-corrected chi connectivity index (χ0v) is 13.0. The quantitative estimate of drug-likeness (QED) is 0.857. The van der Waals surface area contributed by atoms with Crippen LogP contribution in [-0.2, 0) is 0 Å². The van der Waals surface area contributed by atoms with Crippen molar-refractivity contribution in [3.8, 4) is 0 Å². The highest BCUT2D eigenvalue weighted by Gasteiger charge is 2.21. The predicted molar refractivity (Wildman–Crippen MR) is 79.5 cm³/mol. The molecule has 1 aromatic carbocycles. The molecule has 1 aliphatic heterocycles. The normalized spacial score (nSPS) is 19.3. The summed E-state index contributed by atoms with van der Waals surface area (Å²) in [6, 6.07) is 6.22. The van der Waals surface area contributed by atoms with Gasteiger partial charge >= 0.3 is 0 Å². The Morgan fingerprint density at radius 1 is 1.44 bits per heavy atom. The minimum Gasteiger partial charge on any atom is -0.336 e. The van der Waals surface area contributed by atoms with Crippen LogP contribution in [0.5, 0.6) is 0 Å². The molecule has 0 aliphatic carbocycles. The molecule has 3 nitrogen and oxygen atoms in total. The molecular weight excluding hydrogens is 316 g/mol. The summed E-state index contributed by atoms with van der Waals surface area (Å²) in [5, 5.41) is 3.34. The average molecular weight is 334 g/mol. The van der Waals surface area contributed by atoms with E-state index in [4.69, 9.17) is 0 Å². The van der Waals surface area contributed by atoms with Crippen molar-refractivity contribution >= 4 is 34.2 Å². The van der Waals surface area contributed by atoms with E-state index in [0.29, 0.717) is 6.04 Å². The second kappa shape index (κ2) is 6.55. The fourth-order valence-corrected chi connectivity index (χ4v) is 2.77. The minimum absolute atomic E-state index is 0. The summed E-state index contributed by atoms with van der Waals surface area (Å²) in [7, 11) is 0. The topological polar surface area (TPSA) is 32.3 Å². The van der Waals surface area contributed by atoms with Crippen LogP contribution in [-0.4, -0.2) is 36.5 Å². The van der Waals surface area contributed by atoms with Crippen molar-refractivity contribution in [2.24, 2.45) is 0 Å². The van der Waals surface area contributed by atoms with Gasteiger partial charge in [-0.05, 0) is 37.6 Å². The fraction of sp³-hybridized carbons (Fsp3) is 0.462. The zero-order valence-electron chi connectivity index (χ0n) is 10.6. The Bertz CT molecular complexity index is 419. The van der Waals surface area contributed by atoms with E-state index in [-0.39, 0.29) is 18.3 Å². The van der Waals surface area contributed by atoms with E-state index in [9.17, 15) is 4.79 Å². The molecule has 0 unspecified atom stereocenters. The van der Waals surface area contributed by atoms with Crippen molar-refractivity contribution in [2.75, 3.05) is 19.6 Å². The summed E-state index contributed by atoms with van der Waals surface area (Å²) in [6.45, 7) is 6.55. The van der Waals surface area contributed by atoms with Crippen molar-refractivity contribution in [3.05, 3.63) is 33.8 Å². The first-order valence-electron chi connectivity index (χ1n) is 5.86. The molecule has 1 aromatic rings. The Balaban J connectivity index is 0.00000162. The van der Waals surface area contributed by atoms with Crippen LogP contribution < -0.4 is 5.32 Å². The van der Waals surface area contributed by atoms with Gasteiger partial charge in [-0.25, -0.2) is 0 Å². The van der Waals surface area contributed by atoms with Gasteiger partial charge in [0.1, 0.15) is 0 Å². The van der Waals surface area contributed by atoms with Crippen LogP contribution in [0.25, 0.3) is 0 Å². The number of hydrogen-bond acceptors (Lipinski definition) is 2. The molecular formula is C13H18BrClN2O. The summed E-state index contributed by atoms with van der Waals surface area (Å²) in [5.74, 6) is 0.128. The van der Waals surface area contributed by atoms with Crippen molar-refractivity contribution in [1.82, 2.24) is 10.2 Å². The van der Waals surface area contributed by atoms with Crippen LogP contribution in [0.15, 0.2) is 22.7 Å². The molecule has 2 rings (SSSR count). The van der Waals surface area contributed by atoms with Crippen molar-refractivity contribution in [1.29, 1.82) is 0 Å². The SMILES string of the molecule is Cc1cc(Br)cc(C(=O)N2CCN[C@@H](C)C2)c1.Cl. The second-order valence-electron chi connectivity index (χ2n) is 4.62. The van der Waals surface area contributed by atoms with E-state index in [1.807, 2.05) is 30.0 Å². The molecule has 1 amide bonds. The van der Waals surface area contributed by atoms with E-state index in [2.05, 4.69) is 28.2 Å². The van der Waals surface area contributed by atoms with Gasteiger partial charge in [0.2, 0.25) is 0 Å². The molecule has 0 bridgehead atoms. The molecule has 1 fully saturated rings. The number of aryl methyl sites for hydroxylation is 1. The molecule has 0 saturated carbocycles. The first kappa shape index (κ1) is 15.5. The number of hydrogen-bond donors (Lipinski definition) is 1. The maximum absolute atomic E-state index is 12.3. The molecule has 1 saturated heterocycles. The minimum atomic E-state index is 0. The Morgan fingerprint density at radius 3 is 2.78 bits per heavy atom. The Hall–Kier alpha value is -0.580. The van der Waals surface area contributed by atoms with Gasteiger partial charge in [-0.3, -0.25) is 4.79 Å². The number of carbonyl (C=O) groups is 1. The Morgan fingerprint density at radius 2 is 2.17 bits per heavy atom. The van der Waals surface area contributed by atoms with E-state index in [1.54, 1.807) is 0 Å². The molecule has 100 valence electrons. The van der Waals surface area contributed by atoms with E-state index < -0.39 is 0 Å². The number of nitrogens with one attached hydrogen (secondary N) is 1. The van der Waals surface area contributed by atoms with Crippen LogP contribution in [0.4, 0.5) is 0 Å². The lowest BCUT2D eigenvalue weighted by molar-refractivity contribution is 0.0709. The number of nitrogens with zero attached hydrogens (tertiary/aromatic N) is 1. The van der Waals surface area contributed by atoms with Crippen LogP contribution in [0.3, 0.4) is 0 Å².